The minimum Gasteiger partial charge on any atom is -0.354 e. The molecule has 1 aliphatic rings. The van der Waals surface area contributed by atoms with Gasteiger partial charge < -0.3 is 10.2 Å². The number of carbonyl (C=O) groups excluding carboxylic acids is 4. The number of nitrogens with zero attached hydrogens (tertiary/aromatic N) is 2. The Morgan fingerprint density at radius 1 is 0.971 bits per heavy atom. The number of imide groups is 1. The number of fused-ring (bicyclic) bond motifs is 1. The van der Waals surface area contributed by atoms with Gasteiger partial charge in [0.05, 0.1) is 11.1 Å². The second kappa shape index (κ2) is 11.3. The van der Waals surface area contributed by atoms with Crippen LogP contribution in [0.15, 0.2) is 48.5 Å². The van der Waals surface area contributed by atoms with Gasteiger partial charge in [-0.3, -0.25) is 24.1 Å². The molecule has 180 valence electrons. The minimum atomic E-state index is -0.679. The van der Waals surface area contributed by atoms with Gasteiger partial charge >= 0.3 is 0 Å². The Hall–Kier alpha value is -3.19. The van der Waals surface area contributed by atoms with Crippen molar-refractivity contribution < 1.29 is 19.2 Å². The molecule has 7 nitrogen and oxygen atoms in total. The van der Waals surface area contributed by atoms with Gasteiger partial charge in [0, 0.05) is 31.1 Å². The fourth-order valence-electron chi connectivity index (χ4n) is 3.80. The van der Waals surface area contributed by atoms with Gasteiger partial charge in [-0.2, -0.15) is 0 Å². The number of carbonyl (C=O) groups is 4. The molecule has 0 spiro atoms. The molecule has 1 atom stereocenters. The molecule has 2 aromatic carbocycles. The molecule has 0 radical (unpaired) electrons. The lowest BCUT2D eigenvalue weighted by Crippen LogP contribution is -2.48. The Morgan fingerprint density at radius 2 is 1.56 bits per heavy atom. The first-order chi connectivity index (χ1) is 16.2. The first-order valence-electron chi connectivity index (χ1n) is 11.5. The van der Waals surface area contributed by atoms with E-state index in [0.29, 0.717) is 29.1 Å². The maximum absolute atomic E-state index is 13.2. The topological polar surface area (TPSA) is 86.8 Å². The molecule has 2 aromatic rings. The van der Waals surface area contributed by atoms with E-state index in [1.807, 2.05) is 26.0 Å². The Balaban J connectivity index is 1.66. The van der Waals surface area contributed by atoms with Gasteiger partial charge in [-0.1, -0.05) is 49.7 Å². The summed E-state index contributed by atoms with van der Waals surface area (Å²) in [7, 11) is 0. The van der Waals surface area contributed by atoms with E-state index >= 15 is 0 Å². The van der Waals surface area contributed by atoms with Gasteiger partial charge in [0.25, 0.3) is 11.8 Å². The van der Waals surface area contributed by atoms with Crippen molar-refractivity contribution in [3.8, 4) is 0 Å². The lowest BCUT2D eigenvalue weighted by atomic mass is 10.1. The van der Waals surface area contributed by atoms with E-state index in [4.69, 9.17) is 11.6 Å². The number of benzene rings is 2. The minimum absolute atomic E-state index is 0.1000. The SMILES string of the molecule is CC(C)CNC(=O)[C@H](C)N(Cc1ccc(Cl)cc1)C(=O)CCCN1C(=O)c2ccccc2C1=O. The molecule has 1 aliphatic heterocycles. The number of nitrogens with one attached hydrogen (secondary N) is 1. The van der Waals surface area contributed by atoms with Crippen LogP contribution in [0.4, 0.5) is 0 Å². The van der Waals surface area contributed by atoms with E-state index in [2.05, 4.69) is 5.32 Å². The van der Waals surface area contributed by atoms with Gasteiger partial charge in [0.2, 0.25) is 11.8 Å². The molecule has 8 heteroatoms. The van der Waals surface area contributed by atoms with Crippen molar-refractivity contribution in [3.05, 3.63) is 70.2 Å². The summed E-state index contributed by atoms with van der Waals surface area (Å²) in [4.78, 5) is 53.7. The highest BCUT2D eigenvalue weighted by Crippen LogP contribution is 2.23. The van der Waals surface area contributed by atoms with Crippen molar-refractivity contribution in [2.45, 2.75) is 46.2 Å². The van der Waals surface area contributed by atoms with Crippen LogP contribution in [0.1, 0.15) is 59.9 Å². The zero-order valence-electron chi connectivity index (χ0n) is 19.7. The summed E-state index contributed by atoms with van der Waals surface area (Å²) >= 11 is 5.98. The van der Waals surface area contributed by atoms with Crippen LogP contribution in [0.25, 0.3) is 0 Å². The first kappa shape index (κ1) is 25.4. The molecule has 0 bridgehead atoms. The van der Waals surface area contributed by atoms with Crippen LogP contribution in [0, 0.1) is 5.92 Å². The zero-order valence-corrected chi connectivity index (χ0v) is 20.5. The number of amides is 4. The molecular weight excluding hydrogens is 454 g/mol. The van der Waals surface area contributed by atoms with Crippen LogP contribution < -0.4 is 5.32 Å². The molecule has 1 heterocycles. The molecule has 0 saturated heterocycles. The highest BCUT2D eigenvalue weighted by Gasteiger charge is 2.35. The Bertz CT molecular complexity index is 1030. The molecule has 0 unspecified atom stereocenters. The molecule has 34 heavy (non-hydrogen) atoms. The van der Waals surface area contributed by atoms with Gasteiger partial charge in [-0.25, -0.2) is 0 Å². The van der Waals surface area contributed by atoms with E-state index in [9.17, 15) is 19.2 Å². The summed E-state index contributed by atoms with van der Waals surface area (Å²) in [5.41, 5.74) is 1.62. The van der Waals surface area contributed by atoms with Crippen molar-refractivity contribution in [2.24, 2.45) is 5.92 Å². The molecule has 3 rings (SSSR count). The fourth-order valence-corrected chi connectivity index (χ4v) is 3.92. The smallest absolute Gasteiger partial charge is 0.261 e. The molecule has 0 fully saturated rings. The highest BCUT2D eigenvalue weighted by atomic mass is 35.5. The van der Waals surface area contributed by atoms with Crippen molar-refractivity contribution in [1.29, 1.82) is 0 Å². The van der Waals surface area contributed by atoms with Crippen molar-refractivity contribution in [2.75, 3.05) is 13.1 Å². The summed E-state index contributed by atoms with van der Waals surface area (Å²) in [5, 5.41) is 3.47. The second-order valence-electron chi connectivity index (χ2n) is 8.87. The van der Waals surface area contributed by atoms with Crippen molar-refractivity contribution >= 4 is 35.2 Å². The third-order valence-corrected chi connectivity index (χ3v) is 6.02. The quantitative estimate of drug-likeness (QED) is 0.519. The van der Waals surface area contributed by atoms with E-state index in [-0.39, 0.29) is 49.1 Å². The third-order valence-electron chi connectivity index (χ3n) is 5.77. The van der Waals surface area contributed by atoms with Gasteiger partial charge in [-0.15, -0.1) is 0 Å². The van der Waals surface area contributed by atoms with Crippen LogP contribution in [-0.4, -0.2) is 52.6 Å². The van der Waals surface area contributed by atoms with E-state index in [1.165, 1.54) is 9.80 Å². The standard InChI is InChI=1S/C26H30ClN3O4/c1-17(2)15-28-24(32)18(3)30(16-19-10-12-20(27)13-11-19)23(31)9-6-14-29-25(33)21-7-4-5-8-22(21)26(29)34/h4-5,7-8,10-13,17-18H,6,9,14-16H2,1-3H3,(H,28,32)/t18-/m0/s1. The predicted molar refractivity (Wildman–Crippen MR) is 130 cm³/mol. The zero-order chi connectivity index (χ0) is 24.8. The van der Waals surface area contributed by atoms with Crippen molar-refractivity contribution in [3.63, 3.8) is 0 Å². The van der Waals surface area contributed by atoms with Crippen molar-refractivity contribution in [1.82, 2.24) is 15.1 Å². The fraction of sp³-hybridized carbons (Fsp3) is 0.385. The average Bonchev–Trinajstić information content (AvgIpc) is 3.06. The van der Waals surface area contributed by atoms with E-state index in [0.717, 1.165) is 5.56 Å². The lowest BCUT2D eigenvalue weighted by Gasteiger charge is -2.29. The summed E-state index contributed by atoms with van der Waals surface area (Å²) in [5.74, 6) is -0.841. The van der Waals surface area contributed by atoms with Gasteiger partial charge in [0.1, 0.15) is 6.04 Å². The monoisotopic (exact) mass is 483 g/mol. The maximum atomic E-state index is 13.2. The van der Waals surface area contributed by atoms with Crippen LogP contribution in [0.5, 0.6) is 0 Å². The molecule has 1 N–H and O–H groups in total. The molecule has 0 aromatic heterocycles. The Labute approximate surface area is 205 Å². The van der Waals surface area contributed by atoms with Crippen LogP contribution in [0.3, 0.4) is 0 Å². The second-order valence-corrected chi connectivity index (χ2v) is 9.31. The molecule has 4 amide bonds. The van der Waals surface area contributed by atoms with E-state index in [1.54, 1.807) is 43.3 Å². The Morgan fingerprint density at radius 3 is 2.12 bits per heavy atom. The summed E-state index contributed by atoms with van der Waals surface area (Å²) < 4.78 is 0. The van der Waals surface area contributed by atoms with Gasteiger partial charge in [0.15, 0.2) is 0 Å². The van der Waals surface area contributed by atoms with Crippen LogP contribution in [0.2, 0.25) is 5.02 Å². The largest absolute Gasteiger partial charge is 0.354 e. The van der Waals surface area contributed by atoms with Crippen LogP contribution in [-0.2, 0) is 16.1 Å². The maximum Gasteiger partial charge on any atom is 0.261 e. The normalized spacial score (nSPS) is 13.7. The van der Waals surface area contributed by atoms with E-state index < -0.39 is 6.04 Å². The summed E-state index contributed by atoms with van der Waals surface area (Å²) in [6, 6.07) is 13.1. The van der Waals surface area contributed by atoms with Crippen LogP contribution >= 0.6 is 11.6 Å². The lowest BCUT2D eigenvalue weighted by molar-refractivity contribution is -0.140. The molecular formula is C26H30ClN3O4. The number of rotatable bonds is 10. The van der Waals surface area contributed by atoms with Gasteiger partial charge in [-0.05, 0) is 49.1 Å². The average molecular weight is 484 g/mol. The number of halogens is 1. The number of hydrogen-bond donors (Lipinski definition) is 1. The summed E-state index contributed by atoms with van der Waals surface area (Å²) in [6.45, 7) is 6.61. The predicted octanol–water partition coefficient (Wildman–Crippen LogP) is 3.91. The first-order valence-corrected chi connectivity index (χ1v) is 11.8. The number of hydrogen-bond acceptors (Lipinski definition) is 4. The third kappa shape index (κ3) is 6.03. The highest BCUT2D eigenvalue weighted by molar-refractivity contribution is 6.30. The Kier molecular flexibility index (Phi) is 8.45. The molecule has 0 aliphatic carbocycles. The molecule has 0 saturated carbocycles. The summed E-state index contributed by atoms with van der Waals surface area (Å²) in [6.07, 6.45) is 0.407.